The summed E-state index contributed by atoms with van der Waals surface area (Å²) in [6.45, 7) is 3.84. The van der Waals surface area contributed by atoms with E-state index in [9.17, 15) is 0 Å². The van der Waals surface area contributed by atoms with Gasteiger partial charge in [0.1, 0.15) is 0 Å². The van der Waals surface area contributed by atoms with Crippen LogP contribution in [0.5, 0.6) is 0 Å². The largest absolute Gasteiger partial charge is 0.368 e. The summed E-state index contributed by atoms with van der Waals surface area (Å²) in [7, 11) is 0. The third-order valence-corrected chi connectivity index (χ3v) is 4.01. The fourth-order valence-corrected chi connectivity index (χ4v) is 2.59. The van der Waals surface area contributed by atoms with Crippen LogP contribution in [0.2, 0.25) is 15.1 Å². The normalized spacial score (nSPS) is 16.6. The fraction of sp³-hybridized carbons (Fsp3) is 0.286. The van der Waals surface area contributed by atoms with Crippen LogP contribution in [0.15, 0.2) is 28.2 Å². The van der Waals surface area contributed by atoms with E-state index in [0.29, 0.717) is 15.1 Å². The maximum absolute atomic E-state index is 6.10. The molecule has 0 atom stereocenters. The average Bonchev–Trinajstić information content (AvgIpc) is 2.41. The van der Waals surface area contributed by atoms with Gasteiger partial charge in [-0.25, -0.2) is 4.99 Å². The summed E-state index contributed by atoms with van der Waals surface area (Å²) < 4.78 is 0. The Morgan fingerprint density at radius 2 is 1.79 bits per heavy atom. The predicted octanol–water partition coefficient (Wildman–Crippen LogP) is 3.69. The molecule has 0 aromatic heterocycles. The van der Waals surface area contributed by atoms with Gasteiger partial charge in [0, 0.05) is 5.02 Å². The molecule has 1 aromatic rings. The second-order valence-corrected chi connectivity index (χ2v) is 6.44. The Hall–Kier alpha value is -1.18. The van der Waals surface area contributed by atoms with E-state index < -0.39 is 5.66 Å². The number of hydrogen-bond donors (Lipinski definition) is 2. The van der Waals surface area contributed by atoms with Gasteiger partial charge in [-0.2, -0.15) is 10.1 Å². The second kappa shape index (κ2) is 8.27. The van der Waals surface area contributed by atoms with Crippen molar-refractivity contribution < 1.29 is 4.84 Å². The Kier molecular flexibility index (Phi) is 7.19. The van der Waals surface area contributed by atoms with Gasteiger partial charge in [-0.1, -0.05) is 47.0 Å². The van der Waals surface area contributed by atoms with Crippen LogP contribution in [0.3, 0.4) is 0 Å². The van der Waals surface area contributed by atoms with Crippen molar-refractivity contribution in [3.8, 4) is 0 Å². The lowest BCUT2D eigenvalue weighted by atomic mass is 10.2. The van der Waals surface area contributed by atoms with Crippen LogP contribution in [0.25, 0.3) is 6.08 Å². The molecule has 0 bridgehead atoms. The smallest absolute Gasteiger partial charge is 0.226 e. The predicted molar refractivity (Wildman–Crippen MR) is 103 cm³/mol. The zero-order chi connectivity index (χ0) is 17.2. The van der Waals surface area contributed by atoms with Gasteiger partial charge in [0.15, 0.2) is 5.66 Å². The molecule has 0 saturated heterocycles. The van der Waals surface area contributed by atoms with Crippen molar-refractivity contribution in [3.63, 3.8) is 0 Å². The van der Waals surface area contributed by atoms with Crippen LogP contribution in [0.1, 0.15) is 19.4 Å². The molecule has 1 aliphatic heterocycles. The number of aliphatic imine (C=N–C) groups is 2. The van der Waals surface area contributed by atoms with Crippen molar-refractivity contribution in [1.82, 2.24) is 5.06 Å². The summed E-state index contributed by atoms with van der Waals surface area (Å²) in [4.78, 5) is 13.6. The molecule has 0 radical (unpaired) electrons. The highest BCUT2D eigenvalue weighted by Gasteiger charge is 2.32. The van der Waals surface area contributed by atoms with E-state index in [1.54, 1.807) is 38.1 Å². The minimum absolute atomic E-state index is 0. The Bertz CT molecular complexity index is 703. The number of halogens is 4. The van der Waals surface area contributed by atoms with Crippen LogP contribution in [0.4, 0.5) is 0 Å². The molecule has 1 heterocycles. The molecule has 6 nitrogen and oxygen atoms in total. The standard InChI is InChI=1S/C14H16Cl3N5O.ClH/c1-14(2)21-12(18)20-13(19)22(14)23-5-3-4-8-6-10(16)11(17)7-9(8)15;/h3-4,6-7H,5H2,1-2H3,(H4,18,19,20,21);1H/b4-3+;. The van der Waals surface area contributed by atoms with Crippen LogP contribution in [-0.4, -0.2) is 29.3 Å². The molecular formula is C14H17Cl4N5O. The van der Waals surface area contributed by atoms with Gasteiger partial charge in [0.2, 0.25) is 11.9 Å². The third kappa shape index (κ3) is 4.91. The summed E-state index contributed by atoms with van der Waals surface area (Å²) in [6.07, 6.45) is 3.53. The van der Waals surface area contributed by atoms with Crippen LogP contribution in [0, 0.1) is 0 Å². The minimum Gasteiger partial charge on any atom is -0.368 e. The summed E-state index contributed by atoms with van der Waals surface area (Å²) in [5.74, 6) is 0.258. The Morgan fingerprint density at radius 1 is 1.17 bits per heavy atom. The Balaban J connectivity index is 0.00000288. The second-order valence-electron chi connectivity index (χ2n) is 5.21. The fourth-order valence-electron chi connectivity index (χ4n) is 1.98. The van der Waals surface area contributed by atoms with Gasteiger partial charge >= 0.3 is 0 Å². The lowest BCUT2D eigenvalue weighted by Crippen LogP contribution is -2.53. The van der Waals surface area contributed by atoms with Gasteiger partial charge in [0.05, 0.1) is 16.7 Å². The minimum atomic E-state index is -0.745. The van der Waals surface area contributed by atoms with Crippen molar-refractivity contribution in [2.75, 3.05) is 6.61 Å². The molecule has 10 heteroatoms. The molecule has 0 aliphatic carbocycles. The molecular weight excluding hydrogens is 396 g/mol. The number of nitrogens with two attached hydrogens (primary N) is 2. The molecule has 132 valence electrons. The van der Waals surface area contributed by atoms with Crippen molar-refractivity contribution in [1.29, 1.82) is 0 Å². The van der Waals surface area contributed by atoms with E-state index in [1.807, 2.05) is 0 Å². The van der Waals surface area contributed by atoms with E-state index in [0.717, 1.165) is 5.56 Å². The molecule has 0 saturated carbocycles. The van der Waals surface area contributed by atoms with Crippen LogP contribution >= 0.6 is 47.2 Å². The first-order valence-electron chi connectivity index (χ1n) is 6.64. The van der Waals surface area contributed by atoms with Gasteiger partial charge < -0.3 is 11.5 Å². The molecule has 0 amide bonds. The third-order valence-electron chi connectivity index (χ3n) is 2.96. The first-order valence-corrected chi connectivity index (χ1v) is 7.78. The van der Waals surface area contributed by atoms with Gasteiger partial charge in [-0.05, 0) is 31.5 Å². The monoisotopic (exact) mass is 411 g/mol. The molecule has 0 fully saturated rings. The number of nitrogens with zero attached hydrogens (tertiary/aromatic N) is 3. The van der Waals surface area contributed by atoms with Crippen molar-refractivity contribution >= 4 is 65.2 Å². The Morgan fingerprint density at radius 3 is 2.42 bits per heavy atom. The highest BCUT2D eigenvalue weighted by atomic mass is 35.5. The van der Waals surface area contributed by atoms with E-state index in [4.69, 9.17) is 51.1 Å². The summed E-state index contributed by atoms with van der Waals surface area (Å²) in [6, 6.07) is 3.26. The van der Waals surface area contributed by atoms with Crippen molar-refractivity contribution in [3.05, 3.63) is 38.8 Å². The zero-order valence-electron chi connectivity index (χ0n) is 13.0. The number of hydroxylamine groups is 2. The first kappa shape index (κ1) is 20.9. The molecule has 2 rings (SSSR count). The van der Waals surface area contributed by atoms with E-state index in [2.05, 4.69) is 9.98 Å². The van der Waals surface area contributed by atoms with Crippen molar-refractivity contribution in [2.45, 2.75) is 19.5 Å². The molecule has 0 unspecified atom stereocenters. The Labute approximate surface area is 161 Å². The average molecular weight is 413 g/mol. The van der Waals surface area contributed by atoms with E-state index >= 15 is 0 Å². The highest BCUT2D eigenvalue weighted by Crippen LogP contribution is 2.29. The summed E-state index contributed by atoms with van der Waals surface area (Å²) >= 11 is 18.0. The molecule has 1 aliphatic rings. The quantitative estimate of drug-likeness (QED) is 0.737. The van der Waals surface area contributed by atoms with Crippen molar-refractivity contribution in [2.24, 2.45) is 21.5 Å². The maximum Gasteiger partial charge on any atom is 0.226 e. The van der Waals surface area contributed by atoms with E-state index in [1.165, 1.54) is 5.06 Å². The molecule has 0 spiro atoms. The molecule has 24 heavy (non-hydrogen) atoms. The van der Waals surface area contributed by atoms with Crippen LogP contribution in [-0.2, 0) is 4.84 Å². The molecule has 1 aromatic carbocycles. The highest BCUT2D eigenvalue weighted by molar-refractivity contribution is 6.43. The van der Waals surface area contributed by atoms with Crippen LogP contribution < -0.4 is 11.5 Å². The zero-order valence-corrected chi connectivity index (χ0v) is 16.0. The van der Waals surface area contributed by atoms with Gasteiger partial charge in [0.25, 0.3) is 0 Å². The number of guanidine groups is 2. The number of rotatable bonds is 4. The number of hydrogen-bond acceptors (Lipinski definition) is 6. The SMILES string of the molecule is CC1(C)N=C(N)N=C(N)N1OC/C=C/c1cc(Cl)c(Cl)cc1Cl.Cl. The number of benzene rings is 1. The maximum atomic E-state index is 6.10. The first-order chi connectivity index (χ1) is 10.7. The summed E-state index contributed by atoms with van der Waals surface area (Å²) in [5.41, 5.74) is 11.4. The lowest BCUT2D eigenvalue weighted by Gasteiger charge is -2.36. The lowest BCUT2D eigenvalue weighted by molar-refractivity contribution is -0.146. The van der Waals surface area contributed by atoms with E-state index in [-0.39, 0.29) is 30.9 Å². The summed E-state index contributed by atoms with van der Waals surface area (Å²) in [5, 5.41) is 2.71. The topological polar surface area (TPSA) is 89.2 Å². The van der Waals surface area contributed by atoms with Gasteiger partial charge in [-0.3, -0.25) is 4.84 Å². The van der Waals surface area contributed by atoms with Gasteiger partial charge in [-0.15, -0.1) is 12.4 Å². The molecule has 4 N–H and O–H groups in total.